The van der Waals surface area contributed by atoms with Crippen LogP contribution in [0.3, 0.4) is 0 Å². The van der Waals surface area contributed by atoms with Crippen LogP contribution in [0.4, 0.5) is 16.3 Å². The second-order valence-electron chi connectivity index (χ2n) is 4.53. The highest BCUT2D eigenvalue weighted by molar-refractivity contribution is 5.37. The summed E-state index contributed by atoms with van der Waals surface area (Å²) in [7, 11) is 0. The molecule has 2 aromatic rings. The van der Waals surface area contributed by atoms with Crippen molar-refractivity contribution < 1.29 is 9.13 Å². The van der Waals surface area contributed by atoms with Crippen molar-refractivity contribution in [3.63, 3.8) is 0 Å². The van der Waals surface area contributed by atoms with Crippen LogP contribution in [0.5, 0.6) is 11.8 Å². The molecule has 104 valence electrons. The van der Waals surface area contributed by atoms with E-state index in [0.29, 0.717) is 11.7 Å². The number of nitrogen functional groups attached to an aromatic ring is 1. The van der Waals surface area contributed by atoms with Crippen molar-refractivity contribution >= 4 is 11.9 Å². The van der Waals surface area contributed by atoms with Gasteiger partial charge in [0.25, 0.3) is 0 Å². The first kappa shape index (κ1) is 12.6. The Labute approximate surface area is 115 Å². The maximum atomic E-state index is 13.1. The first-order valence-electron chi connectivity index (χ1n) is 6.40. The summed E-state index contributed by atoms with van der Waals surface area (Å²) in [6.07, 6.45) is 2.21. The summed E-state index contributed by atoms with van der Waals surface area (Å²) >= 11 is 0. The predicted octanol–water partition coefficient (Wildman–Crippen LogP) is 1.99. The SMILES string of the molecule is Nc1nc(Oc2cccc(F)c2)nc(N2CCCC2)n1. The molecule has 0 saturated carbocycles. The lowest BCUT2D eigenvalue weighted by Gasteiger charge is -2.15. The van der Waals surface area contributed by atoms with E-state index in [-0.39, 0.29) is 17.8 Å². The van der Waals surface area contributed by atoms with E-state index in [9.17, 15) is 4.39 Å². The number of rotatable bonds is 3. The minimum absolute atomic E-state index is 0.0741. The fraction of sp³-hybridized carbons (Fsp3) is 0.308. The molecule has 1 aromatic carbocycles. The third kappa shape index (κ3) is 2.76. The average Bonchev–Trinajstić information content (AvgIpc) is 2.91. The van der Waals surface area contributed by atoms with Gasteiger partial charge in [0, 0.05) is 19.2 Å². The zero-order valence-corrected chi connectivity index (χ0v) is 10.8. The molecule has 1 aliphatic rings. The lowest BCUT2D eigenvalue weighted by Crippen LogP contribution is -2.21. The summed E-state index contributed by atoms with van der Waals surface area (Å²) in [6.45, 7) is 1.78. The van der Waals surface area contributed by atoms with Gasteiger partial charge in [-0.3, -0.25) is 0 Å². The van der Waals surface area contributed by atoms with E-state index in [2.05, 4.69) is 15.0 Å². The molecule has 0 spiro atoms. The van der Waals surface area contributed by atoms with Crippen molar-refractivity contribution in [2.24, 2.45) is 0 Å². The second-order valence-corrected chi connectivity index (χ2v) is 4.53. The standard InChI is InChI=1S/C13H14FN5O/c14-9-4-3-5-10(8-9)20-13-17-11(15)16-12(18-13)19-6-1-2-7-19/h3-5,8H,1-2,6-7H2,(H2,15,16,17,18). The summed E-state index contributed by atoms with van der Waals surface area (Å²) in [5, 5.41) is 0. The van der Waals surface area contributed by atoms with E-state index in [1.54, 1.807) is 12.1 Å². The molecule has 0 aliphatic carbocycles. The maximum absolute atomic E-state index is 13.1. The Balaban J connectivity index is 1.85. The zero-order chi connectivity index (χ0) is 13.9. The monoisotopic (exact) mass is 275 g/mol. The largest absolute Gasteiger partial charge is 0.424 e. The molecule has 2 heterocycles. The Bertz CT molecular complexity index is 615. The van der Waals surface area contributed by atoms with Crippen LogP contribution in [0.15, 0.2) is 24.3 Å². The lowest BCUT2D eigenvalue weighted by molar-refractivity contribution is 0.436. The molecular formula is C13H14FN5O. The van der Waals surface area contributed by atoms with Gasteiger partial charge in [-0.15, -0.1) is 0 Å². The molecule has 0 radical (unpaired) electrons. The number of benzene rings is 1. The summed E-state index contributed by atoms with van der Waals surface area (Å²) in [6, 6.07) is 5.85. The van der Waals surface area contributed by atoms with Gasteiger partial charge in [-0.1, -0.05) is 6.07 Å². The van der Waals surface area contributed by atoms with Crippen LogP contribution in [0.1, 0.15) is 12.8 Å². The molecule has 1 aliphatic heterocycles. The normalized spacial score (nSPS) is 14.6. The molecule has 3 rings (SSSR count). The maximum Gasteiger partial charge on any atom is 0.328 e. The zero-order valence-electron chi connectivity index (χ0n) is 10.8. The van der Waals surface area contributed by atoms with Gasteiger partial charge < -0.3 is 15.4 Å². The van der Waals surface area contributed by atoms with Gasteiger partial charge in [-0.25, -0.2) is 4.39 Å². The van der Waals surface area contributed by atoms with Crippen LogP contribution >= 0.6 is 0 Å². The summed E-state index contributed by atoms with van der Waals surface area (Å²) < 4.78 is 18.5. The molecular weight excluding hydrogens is 261 g/mol. The topological polar surface area (TPSA) is 77.2 Å². The Morgan fingerprint density at radius 3 is 2.70 bits per heavy atom. The molecule has 1 fully saturated rings. The molecule has 0 unspecified atom stereocenters. The van der Waals surface area contributed by atoms with E-state index in [1.165, 1.54) is 12.1 Å². The average molecular weight is 275 g/mol. The Kier molecular flexibility index (Phi) is 3.32. The van der Waals surface area contributed by atoms with Crippen LogP contribution in [0.25, 0.3) is 0 Å². The van der Waals surface area contributed by atoms with E-state index >= 15 is 0 Å². The van der Waals surface area contributed by atoms with Gasteiger partial charge in [0.1, 0.15) is 11.6 Å². The minimum Gasteiger partial charge on any atom is -0.424 e. The molecule has 7 heteroatoms. The molecule has 6 nitrogen and oxygen atoms in total. The molecule has 20 heavy (non-hydrogen) atoms. The van der Waals surface area contributed by atoms with Crippen molar-refractivity contribution in [1.82, 2.24) is 15.0 Å². The number of nitrogens with two attached hydrogens (primary N) is 1. The number of ether oxygens (including phenoxy) is 1. The van der Waals surface area contributed by atoms with Crippen LogP contribution in [-0.4, -0.2) is 28.0 Å². The van der Waals surface area contributed by atoms with Crippen molar-refractivity contribution in [2.45, 2.75) is 12.8 Å². The fourth-order valence-electron chi connectivity index (χ4n) is 2.10. The van der Waals surface area contributed by atoms with E-state index in [1.807, 2.05) is 4.90 Å². The van der Waals surface area contributed by atoms with E-state index in [0.717, 1.165) is 25.9 Å². The third-order valence-corrected chi connectivity index (χ3v) is 3.01. The van der Waals surface area contributed by atoms with E-state index in [4.69, 9.17) is 10.5 Å². The number of anilines is 2. The van der Waals surface area contributed by atoms with Gasteiger partial charge in [-0.2, -0.15) is 15.0 Å². The first-order chi connectivity index (χ1) is 9.70. The van der Waals surface area contributed by atoms with Crippen molar-refractivity contribution in [3.8, 4) is 11.8 Å². The van der Waals surface area contributed by atoms with E-state index < -0.39 is 0 Å². The first-order valence-corrected chi connectivity index (χ1v) is 6.40. The Hall–Kier alpha value is -2.44. The number of nitrogens with zero attached hydrogens (tertiary/aromatic N) is 4. The number of hydrogen-bond donors (Lipinski definition) is 1. The molecule has 1 aromatic heterocycles. The summed E-state index contributed by atoms with van der Waals surface area (Å²) in [4.78, 5) is 14.3. The van der Waals surface area contributed by atoms with Gasteiger partial charge in [0.15, 0.2) is 0 Å². The van der Waals surface area contributed by atoms with Crippen LogP contribution in [-0.2, 0) is 0 Å². The smallest absolute Gasteiger partial charge is 0.328 e. The molecule has 0 atom stereocenters. The fourth-order valence-corrected chi connectivity index (χ4v) is 2.10. The highest BCUT2D eigenvalue weighted by Crippen LogP contribution is 2.22. The molecule has 2 N–H and O–H groups in total. The lowest BCUT2D eigenvalue weighted by atomic mass is 10.3. The summed E-state index contributed by atoms with van der Waals surface area (Å²) in [5.74, 6) is 0.530. The Morgan fingerprint density at radius 1 is 1.15 bits per heavy atom. The third-order valence-electron chi connectivity index (χ3n) is 3.01. The van der Waals surface area contributed by atoms with Crippen LogP contribution in [0.2, 0.25) is 0 Å². The number of hydrogen-bond acceptors (Lipinski definition) is 6. The van der Waals surface area contributed by atoms with Gasteiger partial charge in [-0.05, 0) is 25.0 Å². The highest BCUT2D eigenvalue weighted by Gasteiger charge is 2.17. The van der Waals surface area contributed by atoms with Crippen molar-refractivity contribution in [1.29, 1.82) is 0 Å². The van der Waals surface area contributed by atoms with Gasteiger partial charge in [0.05, 0.1) is 0 Å². The highest BCUT2D eigenvalue weighted by atomic mass is 19.1. The molecule has 1 saturated heterocycles. The second kappa shape index (κ2) is 5.28. The number of aromatic nitrogens is 3. The summed E-state index contributed by atoms with van der Waals surface area (Å²) in [5.41, 5.74) is 5.67. The quantitative estimate of drug-likeness (QED) is 0.923. The van der Waals surface area contributed by atoms with Crippen LogP contribution < -0.4 is 15.4 Å². The Morgan fingerprint density at radius 2 is 1.95 bits per heavy atom. The molecule has 0 amide bonds. The molecule has 0 bridgehead atoms. The van der Waals surface area contributed by atoms with Gasteiger partial charge in [0.2, 0.25) is 11.9 Å². The van der Waals surface area contributed by atoms with Crippen molar-refractivity contribution in [3.05, 3.63) is 30.1 Å². The predicted molar refractivity (Wildman–Crippen MR) is 72.2 cm³/mol. The van der Waals surface area contributed by atoms with Gasteiger partial charge >= 0.3 is 6.01 Å². The van der Waals surface area contributed by atoms with Crippen molar-refractivity contribution in [2.75, 3.05) is 23.7 Å². The van der Waals surface area contributed by atoms with Crippen LogP contribution in [0, 0.1) is 5.82 Å². The number of halogens is 1. The minimum atomic E-state index is -0.385.